The van der Waals surface area contributed by atoms with E-state index in [1.54, 1.807) is 6.92 Å². The van der Waals surface area contributed by atoms with Crippen molar-refractivity contribution in [1.29, 1.82) is 0 Å². The number of carbonyl (C=O) groups is 2. The predicted molar refractivity (Wildman–Crippen MR) is 64.5 cm³/mol. The number of aliphatic hydroxyl groups is 1. The maximum absolute atomic E-state index is 11.9. The zero-order valence-electron chi connectivity index (χ0n) is 10.8. The van der Waals surface area contributed by atoms with Crippen molar-refractivity contribution in [2.75, 3.05) is 19.7 Å². The van der Waals surface area contributed by atoms with Crippen molar-refractivity contribution in [3.63, 3.8) is 0 Å². The number of aliphatic hydroxyl groups excluding tert-OH is 1. The molecule has 5 heteroatoms. The van der Waals surface area contributed by atoms with Crippen LogP contribution in [-0.4, -0.2) is 46.7 Å². The molecule has 0 radical (unpaired) electrons. The fraction of sp³-hybridized carbons (Fsp3) is 0.833. The predicted octanol–water partition coefficient (Wildman–Crippen LogP) is 0.964. The lowest BCUT2D eigenvalue weighted by Gasteiger charge is -2.25. The summed E-state index contributed by atoms with van der Waals surface area (Å²) in [4.78, 5) is 24.2. The number of rotatable bonds is 8. The Morgan fingerprint density at radius 1 is 1.24 bits per heavy atom. The molecule has 0 saturated heterocycles. The smallest absolute Gasteiger partial charge is 0.308 e. The third kappa shape index (κ3) is 6.94. The third-order valence-corrected chi connectivity index (χ3v) is 2.44. The Hall–Kier alpha value is -1.10. The highest BCUT2D eigenvalue weighted by Crippen LogP contribution is 2.08. The molecule has 100 valence electrons. The van der Waals surface area contributed by atoms with Gasteiger partial charge in [0, 0.05) is 26.1 Å². The molecular formula is C12H23NO4. The summed E-state index contributed by atoms with van der Waals surface area (Å²) >= 11 is 0. The van der Waals surface area contributed by atoms with Crippen LogP contribution < -0.4 is 0 Å². The van der Waals surface area contributed by atoms with Gasteiger partial charge in [0.25, 0.3) is 0 Å². The van der Waals surface area contributed by atoms with Gasteiger partial charge < -0.3 is 15.1 Å². The van der Waals surface area contributed by atoms with E-state index in [0.29, 0.717) is 19.4 Å². The molecule has 0 spiro atoms. The van der Waals surface area contributed by atoms with Gasteiger partial charge in [-0.1, -0.05) is 20.8 Å². The fourth-order valence-corrected chi connectivity index (χ4v) is 1.47. The van der Waals surface area contributed by atoms with Crippen LogP contribution in [-0.2, 0) is 9.59 Å². The van der Waals surface area contributed by atoms with Crippen LogP contribution in [0.25, 0.3) is 0 Å². The van der Waals surface area contributed by atoms with Crippen molar-refractivity contribution >= 4 is 11.9 Å². The molecule has 0 aliphatic carbocycles. The second kappa shape index (κ2) is 8.06. The standard InChI is InChI=1S/C12H23NO4/c1-9(2)7-11(15)13(5-4-6-14)8-10(3)12(16)17/h9-10,14H,4-8H2,1-3H3,(H,16,17). The number of carbonyl (C=O) groups excluding carboxylic acids is 1. The van der Waals surface area contributed by atoms with Crippen LogP contribution in [0.5, 0.6) is 0 Å². The molecule has 0 aromatic heterocycles. The molecule has 1 atom stereocenters. The molecule has 0 fully saturated rings. The lowest BCUT2D eigenvalue weighted by Crippen LogP contribution is -2.38. The summed E-state index contributed by atoms with van der Waals surface area (Å²) in [5.74, 6) is -1.28. The van der Waals surface area contributed by atoms with Gasteiger partial charge in [0.15, 0.2) is 0 Å². The van der Waals surface area contributed by atoms with Crippen LogP contribution in [0.2, 0.25) is 0 Å². The number of hydrogen-bond donors (Lipinski definition) is 2. The van der Waals surface area contributed by atoms with Crippen LogP contribution in [0, 0.1) is 11.8 Å². The quantitative estimate of drug-likeness (QED) is 0.668. The van der Waals surface area contributed by atoms with Crippen molar-refractivity contribution in [2.24, 2.45) is 11.8 Å². The minimum absolute atomic E-state index is 0.00686. The first-order valence-electron chi connectivity index (χ1n) is 5.99. The Kier molecular flexibility index (Phi) is 7.54. The average molecular weight is 245 g/mol. The molecule has 1 unspecified atom stereocenters. The first-order chi connectivity index (χ1) is 7.88. The Labute approximate surface area is 102 Å². The third-order valence-electron chi connectivity index (χ3n) is 2.44. The first-order valence-corrected chi connectivity index (χ1v) is 5.99. The summed E-state index contributed by atoms with van der Waals surface area (Å²) in [5.41, 5.74) is 0. The molecule has 5 nitrogen and oxygen atoms in total. The molecule has 0 aliphatic heterocycles. The lowest BCUT2D eigenvalue weighted by molar-refractivity contribution is -0.143. The van der Waals surface area contributed by atoms with E-state index in [4.69, 9.17) is 10.2 Å². The SMILES string of the molecule is CC(C)CC(=O)N(CCCO)CC(C)C(=O)O. The molecular weight excluding hydrogens is 222 g/mol. The summed E-state index contributed by atoms with van der Waals surface area (Å²) < 4.78 is 0. The summed E-state index contributed by atoms with van der Waals surface area (Å²) in [6.07, 6.45) is 0.897. The molecule has 2 N–H and O–H groups in total. The minimum Gasteiger partial charge on any atom is -0.481 e. The van der Waals surface area contributed by atoms with Crippen LogP contribution in [0.4, 0.5) is 0 Å². The topological polar surface area (TPSA) is 77.8 Å². The molecule has 0 heterocycles. The van der Waals surface area contributed by atoms with E-state index in [0.717, 1.165) is 0 Å². The van der Waals surface area contributed by atoms with E-state index >= 15 is 0 Å². The molecule has 0 aromatic rings. The molecule has 0 bridgehead atoms. The first kappa shape index (κ1) is 15.9. The second-order valence-corrected chi connectivity index (χ2v) is 4.75. The fourth-order valence-electron chi connectivity index (χ4n) is 1.47. The number of carboxylic acid groups (broad SMARTS) is 1. The highest BCUT2D eigenvalue weighted by Gasteiger charge is 2.20. The Balaban J connectivity index is 4.41. The Morgan fingerprint density at radius 3 is 2.24 bits per heavy atom. The van der Waals surface area contributed by atoms with Crippen LogP contribution >= 0.6 is 0 Å². The van der Waals surface area contributed by atoms with Gasteiger partial charge in [-0.05, 0) is 12.3 Å². The molecule has 17 heavy (non-hydrogen) atoms. The average Bonchev–Trinajstić information content (AvgIpc) is 2.22. The highest BCUT2D eigenvalue weighted by molar-refractivity contribution is 5.77. The molecule has 0 aromatic carbocycles. The maximum atomic E-state index is 11.9. The van der Waals surface area contributed by atoms with E-state index in [-0.39, 0.29) is 25.0 Å². The normalized spacial score (nSPS) is 12.5. The largest absolute Gasteiger partial charge is 0.481 e. The van der Waals surface area contributed by atoms with Gasteiger partial charge in [-0.15, -0.1) is 0 Å². The lowest BCUT2D eigenvalue weighted by atomic mass is 10.1. The Bertz CT molecular complexity index is 253. The van der Waals surface area contributed by atoms with E-state index in [1.807, 2.05) is 13.8 Å². The van der Waals surface area contributed by atoms with Gasteiger partial charge in [0.1, 0.15) is 0 Å². The summed E-state index contributed by atoms with van der Waals surface area (Å²) in [5, 5.41) is 17.6. The monoisotopic (exact) mass is 245 g/mol. The number of nitrogens with zero attached hydrogens (tertiary/aromatic N) is 1. The second-order valence-electron chi connectivity index (χ2n) is 4.75. The van der Waals surface area contributed by atoms with E-state index in [2.05, 4.69) is 0 Å². The number of hydrogen-bond acceptors (Lipinski definition) is 3. The zero-order valence-corrected chi connectivity index (χ0v) is 10.8. The van der Waals surface area contributed by atoms with Gasteiger partial charge in [-0.2, -0.15) is 0 Å². The van der Waals surface area contributed by atoms with Crippen molar-refractivity contribution in [3.8, 4) is 0 Å². The molecule has 1 amide bonds. The van der Waals surface area contributed by atoms with Crippen molar-refractivity contribution in [3.05, 3.63) is 0 Å². The van der Waals surface area contributed by atoms with E-state index in [1.165, 1.54) is 4.90 Å². The van der Waals surface area contributed by atoms with Crippen LogP contribution in [0.1, 0.15) is 33.6 Å². The Morgan fingerprint density at radius 2 is 1.82 bits per heavy atom. The summed E-state index contributed by atoms with van der Waals surface area (Å²) in [7, 11) is 0. The molecule has 0 aliphatic rings. The molecule has 0 saturated carbocycles. The van der Waals surface area contributed by atoms with Gasteiger partial charge >= 0.3 is 5.97 Å². The van der Waals surface area contributed by atoms with Gasteiger partial charge in [0.05, 0.1) is 5.92 Å². The van der Waals surface area contributed by atoms with Crippen molar-refractivity contribution < 1.29 is 19.8 Å². The van der Waals surface area contributed by atoms with Gasteiger partial charge in [-0.3, -0.25) is 9.59 Å². The molecule has 0 rings (SSSR count). The van der Waals surface area contributed by atoms with Crippen LogP contribution in [0.15, 0.2) is 0 Å². The number of carboxylic acids is 1. The van der Waals surface area contributed by atoms with Crippen molar-refractivity contribution in [2.45, 2.75) is 33.6 Å². The van der Waals surface area contributed by atoms with Crippen molar-refractivity contribution in [1.82, 2.24) is 4.90 Å². The zero-order chi connectivity index (χ0) is 13.4. The maximum Gasteiger partial charge on any atom is 0.308 e. The summed E-state index contributed by atoms with van der Waals surface area (Å²) in [6, 6.07) is 0. The summed E-state index contributed by atoms with van der Waals surface area (Å²) in [6.45, 7) is 6.11. The van der Waals surface area contributed by atoms with E-state index in [9.17, 15) is 9.59 Å². The number of amides is 1. The van der Waals surface area contributed by atoms with E-state index < -0.39 is 11.9 Å². The minimum atomic E-state index is -0.906. The number of aliphatic carboxylic acids is 1. The van der Waals surface area contributed by atoms with Gasteiger partial charge in [0.2, 0.25) is 5.91 Å². The van der Waals surface area contributed by atoms with Crippen LogP contribution in [0.3, 0.4) is 0 Å². The van der Waals surface area contributed by atoms with Gasteiger partial charge in [-0.25, -0.2) is 0 Å². The highest BCUT2D eigenvalue weighted by atomic mass is 16.4.